The Morgan fingerprint density at radius 2 is 1.88 bits per heavy atom. The third-order valence-corrected chi connectivity index (χ3v) is 6.63. The first kappa shape index (κ1) is 17.6. The third kappa shape index (κ3) is 3.79. The molecule has 2 aliphatic carbocycles. The van der Waals surface area contributed by atoms with Crippen molar-refractivity contribution in [2.45, 2.75) is 80.6 Å². The summed E-state index contributed by atoms with van der Waals surface area (Å²) in [5.74, 6) is -0.142. The summed E-state index contributed by atoms with van der Waals surface area (Å²) in [6.07, 6.45) is 13.8. The number of carbonyl (C=O) groups is 1. The van der Waals surface area contributed by atoms with Crippen molar-refractivity contribution >= 4 is 23.3 Å². The van der Waals surface area contributed by atoms with E-state index in [0.717, 1.165) is 30.7 Å². The maximum atomic E-state index is 12.6. The van der Waals surface area contributed by atoms with Crippen molar-refractivity contribution in [1.82, 2.24) is 24.5 Å². The molecule has 2 heterocycles. The average molecular weight is 375 g/mol. The molecule has 0 aromatic carbocycles. The third-order valence-electron chi connectivity index (χ3n) is 5.31. The van der Waals surface area contributed by atoms with E-state index >= 15 is 0 Å². The molecule has 1 amide bonds. The topological polar surface area (TPSA) is 81.3 Å². The summed E-state index contributed by atoms with van der Waals surface area (Å²) in [4.78, 5) is 29.3. The molecule has 2 aliphatic rings. The smallest absolute Gasteiger partial charge is 0.350 e. The molecule has 0 aliphatic heterocycles. The van der Waals surface area contributed by atoms with E-state index < -0.39 is 0 Å². The normalized spacial score (nSPS) is 19.2. The fourth-order valence-corrected chi connectivity index (χ4v) is 5.18. The first-order chi connectivity index (χ1) is 12.7. The summed E-state index contributed by atoms with van der Waals surface area (Å²) in [5, 5.41) is 8.74. The van der Waals surface area contributed by atoms with E-state index in [1.54, 1.807) is 24.2 Å². The molecule has 2 aromatic rings. The number of nitrogens with zero attached hydrogens (tertiary/aromatic N) is 4. The van der Waals surface area contributed by atoms with Gasteiger partial charge in [0.25, 0.3) is 0 Å². The molecule has 4 rings (SSSR count). The minimum absolute atomic E-state index is 0.0372. The highest BCUT2D eigenvalue weighted by Gasteiger charge is 2.21. The van der Waals surface area contributed by atoms with Gasteiger partial charge in [-0.25, -0.2) is 18.9 Å². The van der Waals surface area contributed by atoms with Crippen LogP contribution in [-0.4, -0.2) is 36.4 Å². The van der Waals surface area contributed by atoms with Crippen molar-refractivity contribution in [3.05, 3.63) is 22.9 Å². The lowest BCUT2D eigenvalue weighted by atomic mass is 10.0. The molecule has 0 saturated heterocycles. The molecular weight excluding hydrogens is 350 g/mol. The molecule has 2 aromatic heterocycles. The second-order valence-corrected chi connectivity index (χ2v) is 8.58. The van der Waals surface area contributed by atoms with Gasteiger partial charge in [-0.15, -0.1) is 5.10 Å². The zero-order chi connectivity index (χ0) is 17.9. The van der Waals surface area contributed by atoms with Crippen LogP contribution in [0.15, 0.2) is 22.2 Å². The van der Waals surface area contributed by atoms with Crippen molar-refractivity contribution in [3.8, 4) is 0 Å². The molecule has 0 bridgehead atoms. The van der Waals surface area contributed by atoms with Crippen LogP contribution in [0, 0.1) is 0 Å². The molecule has 0 radical (unpaired) electrons. The Morgan fingerprint density at radius 1 is 1.15 bits per heavy atom. The van der Waals surface area contributed by atoms with Crippen LogP contribution in [-0.2, 0) is 11.3 Å². The van der Waals surface area contributed by atoms with Crippen LogP contribution in [0.2, 0.25) is 0 Å². The summed E-state index contributed by atoms with van der Waals surface area (Å²) in [5.41, 5.74) is 0.274. The molecule has 0 spiro atoms. The Bertz CT molecular complexity index is 834. The predicted octanol–water partition coefficient (Wildman–Crippen LogP) is 2.37. The number of aromatic nitrogens is 4. The zero-order valence-electron chi connectivity index (χ0n) is 14.9. The standard InChI is InChI=1S/C18H25N5O2S/c24-15(20-13-6-4-5-7-13)12-23-18(25)22-11-10-19-17(16(22)21-23)26-14-8-2-1-3-9-14/h10-11,13-14H,1-9,12H2,(H,20,24). The van der Waals surface area contributed by atoms with Crippen LogP contribution < -0.4 is 11.0 Å². The quantitative estimate of drug-likeness (QED) is 0.868. The average Bonchev–Trinajstić information content (AvgIpc) is 3.26. The van der Waals surface area contributed by atoms with Gasteiger partial charge in [-0.1, -0.05) is 43.9 Å². The van der Waals surface area contributed by atoms with E-state index in [0.29, 0.717) is 10.9 Å². The summed E-state index contributed by atoms with van der Waals surface area (Å²) in [6.45, 7) is -0.0372. The van der Waals surface area contributed by atoms with Gasteiger partial charge in [0.1, 0.15) is 11.6 Å². The van der Waals surface area contributed by atoms with E-state index in [4.69, 9.17) is 0 Å². The van der Waals surface area contributed by atoms with Crippen molar-refractivity contribution in [1.29, 1.82) is 0 Å². The summed E-state index contributed by atoms with van der Waals surface area (Å²) < 4.78 is 2.76. The first-order valence-corrected chi connectivity index (χ1v) is 10.5. The Kier molecular flexibility index (Phi) is 5.28. The number of hydrogen-bond donors (Lipinski definition) is 1. The molecule has 2 fully saturated rings. The Labute approximate surface area is 156 Å². The van der Waals surface area contributed by atoms with Gasteiger partial charge < -0.3 is 5.32 Å². The van der Waals surface area contributed by atoms with E-state index in [9.17, 15) is 9.59 Å². The molecule has 2 saturated carbocycles. The van der Waals surface area contributed by atoms with Gasteiger partial charge in [0.15, 0.2) is 5.65 Å². The zero-order valence-corrected chi connectivity index (χ0v) is 15.7. The van der Waals surface area contributed by atoms with Gasteiger partial charge in [0.2, 0.25) is 5.91 Å². The second kappa shape index (κ2) is 7.82. The van der Waals surface area contributed by atoms with Gasteiger partial charge in [0.05, 0.1) is 0 Å². The first-order valence-electron chi connectivity index (χ1n) is 9.61. The van der Waals surface area contributed by atoms with E-state index in [1.165, 1.54) is 41.2 Å². The molecule has 0 unspecified atom stereocenters. The fourth-order valence-electron chi connectivity index (χ4n) is 3.93. The monoisotopic (exact) mass is 375 g/mol. The number of amides is 1. The Hall–Kier alpha value is -1.83. The highest BCUT2D eigenvalue weighted by molar-refractivity contribution is 8.00. The van der Waals surface area contributed by atoms with Crippen molar-refractivity contribution < 1.29 is 4.79 Å². The Morgan fingerprint density at radius 3 is 2.65 bits per heavy atom. The number of rotatable bonds is 5. The van der Waals surface area contributed by atoms with Gasteiger partial charge in [-0.05, 0) is 25.7 Å². The lowest BCUT2D eigenvalue weighted by molar-refractivity contribution is -0.122. The van der Waals surface area contributed by atoms with E-state index in [1.807, 2.05) is 0 Å². The van der Waals surface area contributed by atoms with Crippen LogP contribution in [0.3, 0.4) is 0 Å². The number of carbonyl (C=O) groups excluding carboxylic acids is 1. The largest absolute Gasteiger partial charge is 0.352 e. The molecule has 1 N–H and O–H groups in total. The minimum Gasteiger partial charge on any atom is -0.352 e. The van der Waals surface area contributed by atoms with Gasteiger partial charge >= 0.3 is 5.69 Å². The van der Waals surface area contributed by atoms with Gasteiger partial charge in [0, 0.05) is 23.7 Å². The lowest BCUT2D eigenvalue weighted by Crippen LogP contribution is -2.37. The van der Waals surface area contributed by atoms with Gasteiger partial charge in [-0.2, -0.15) is 0 Å². The van der Waals surface area contributed by atoms with Crippen LogP contribution >= 0.6 is 11.8 Å². The highest BCUT2D eigenvalue weighted by Crippen LogP contribution is 2.33. The number of fused-ring (bicyclic) bond motifs is 1. The van der Waals surface area contributed by atoms with E-state index in [-0.39, 0.29) is 24.2 Å². The number of thioether (sulfide) groups is 1. The van der Waals surface area contributed by atoms with Crippen LogP contribution in [0.1, 0.15) is 57.8 Å². The van der Waals surface area contributed by atoms with Crippen LogP contribution in [0.4, 0.5) is 0 Å². The molecule has 8 heteroatoms. The van der Waals surface area contributed by atoms with Crippen LogP contribution in [0.5, 0.6) is 0 Å². The molecule has 0 atom stereocenters. The summed E-state index contributed by atoms with van der Waals surface area (Å²) in [7, 11) is 0. The second-order valence-electron chi connectivity index (χ2n) is 7.29. The van der Waals surface area contributed by atoms with Crippen LogP contribution in [0.25, 0.3) is 5.65 Å². The van der Waals surface area contributed by atoms with Crippen molar-refractivity contribution in [3.63, 3.8) is 0 Å². The maximum Gasteiger partial charge on any atom is 0.350 e. The maximum absolute atomic E-state index is 12.6. The summed E-state index contributed by atoms with van der Waals surface area (Å²) in [6, 6.07) is 0.245. The predicted molar refractivity (Wildman–Crippen MR) is 100 cm³/mol. The lowest BCUT2D eigenvalue weighted by Gasteiger charge is -2.20. The fraction of sp³-hybridized carbons (Fsp3) is 0.667. The molecule has 26 heavy (non-hydrogen) atoms. The van der Waals surface area contributed by atoms with E-state index in [2.05, 4.69) is 15.4 Å². The number of nitrogens with one attached hydrogen (secondary N) is 1. The highest BCUT2D eigenvalue weighted by atomic mass is 32.2. The Balaban J connectivity index is 1.52. The SMILES string of the molecule is O=C(Cn1nc2c(SC3CCCCC3)nccn2c1=O)NC1CCCC1. The molecular formula is C18H25N5O2S. The molecule has 7 nitrogen and oxygen atoms in total. The van der Waals surface area contributed by atoms with Gasteiger partial charge in [-0.3, -0.25) is 4.79 Å². The van der Waals surface area contributed by atoms with Crippen molar-refractivity contribution in [2.75, 3.05) is 0 Å². The van der Waals surface area contributed by atoms with Crippen molar-refractivity contribution in [2.24, 2.45) is 0 Å². The molecule has 140 valence electrons. The summed E-state index contributed by atoms with van der Waals surface area (Å²) >= 11 is 1.71. The minimum atomic E-state index is -0.283. The number of hydrogen-bond acceptors (Lipinski definition) is 5.